The average Bonchev–Trinajstić information content (AvgIpc) is 2.88. The number of nitro benzene ring substituents is 1. The van der Waals surface area contributed by atoms with Gasteiger partial charge in [-0.2, -0.15) is 0 Å². The molecule has 132 valence electrons. The molecule has 1 heterocycles. The van der Waals surface area contributed by atoms with E-state index in [1.807, 2.05) is 0 Å². The van der Waals surface area contributed by atoms with Crippen LogP contribution in [-0.2, 0) is 6.42 Å². The topological polar surface area (TPSA) is 89.8 Å². The molecule has 7 heteroatoms. The highest BCUT2D eigenvalue weighted by molar-refractivity contribution is 6.21. The Morgan fingerprint density at radius 3 is 2.35 bits per heavy atom. The van der Waals surface area contributed by atoms with Gasteiger partial charge in [0.1, 0.15) is 12.4 Å². The fourth-order valence-electron chi connectivity index (χ4n) is 2.82. The summed E-state index contributed by atoms with van der Waals surface area (Å²) in [6, 6.07) is 11.0. The Labute approximate surface area is 149 Å². The summed E-state index contributed by atoms with van der Waals surface area (Å²) in [6.07, 6.45) is 2.03. The number of hydrogen-bond acceptors (Lipinski definition) is 5. The van der Waals surface area contributed by atoms with Crippen molar-refractivity contribution in [3.8, 4) is 5.75 Å². The molecule has 0 saturated heterocycles. The summed E-state index contributed by atoms with van der Waals surface area (Å²) < 4.78 is 5.67. The van der Waals surface area contributed by atoms with Crippen molar-refractivity contribution >= 4 is 17.5 Å². The van der Waals surface area contributed by atoms with Gasteiger partial charge in [-0.05, 0) is 24.6 Å². The highest BCUT2D eigenvalue weighted by Crippen LogP contribution is 2.26. The number of non-ortho nitro benzene ring substituents is 1. The Morgan fingerprint density at radius 1 is 1.12 bits per heavy atom. The van der Waals surface area contributed by atoms with Gasteiger partial charge in [0.2, 0.25) is 0 Å². The first-order valence-corrected chi connectivity index (χ1v) is 7.99. The number of carbonyl (C=O) groups excluding carboxylic acids is 2. The molecular weight excluding hydrogens is 336 g/mol. The summed E-state index contributed by atoms with van der Waals surface area (Å²) in [4.78, 5) is 36.2. The Morgan fingerprint density at radius 2 is 1.77 bits per heavy atom. The fraction of sp³-hybridized carbons (Fsp3) is 0.158. The van der Waals surface area contributed by atoms with E-state index in [0.29, 0.717) is 28.9 Å². The first kappa shape index (κ1) is 17.3. The van der Waals surface area contributed by atoms with E-state index in [0.717, 1.165) is 4.90 Å². The van der Waals surface area contributed by atoms with Crippen LogP contribution in [0.15, 0.2) is 55.1 Å². The van der Waals surface area contributed by atoms with Gasteiger partial charge in [-0.25, -0.2) is 0 Å². The number of hydrogen-bond donors (Lipinski definition) is 0. The van der Waals surface area contributed by atoms with Crippen LogP contribution in [0.2, 0.25) is 0 Å². The number of carbonyl (C=O) groups is 2. The fourth-order valence-corrected chi connectivity index (χ4v) is 2.82. The number of ether oxygens (including phenoxy) is 1. The summed E-state index contributed by atoms with van der Waals surface area (Å²) in [5.41, 5.74) is 1.37. The monoisotopic (exact) mass is 352 g/mol. The molecule has 0 unspecified atom stereocenters. The number of benzene rings is 2. The second-order valence-corrected chi connectivity index (χ2v) is 5.70. The number of nitro groups is 1. The van der Waals surface area contributed by atoms with E-state index >= 15 is 0 Å². The second kappa shape index (κ2) is 7.18. The van der Waals surface area contributed by atoms with Crippen molar-refractivity contribution < 1.29 is 19.2 Å². The average molecular weight is 352 g/mol. The van der Waals surface area contributed by atoms with Crippen LogP contribution >= 0.6 is 0 Å². The Hall–Kier alpha value is -3.48. The van der Waals surface area contributed by atoms with Crippen molar-refractivity contribution in [2.45, 2.75) is 6.42 Å². The third kappa shape index (κ3) is 3.19. The minimum atomic E-state index is -0.477. The first-order valence-electron chi connectivity index (χ1n) is 7.99. The quantitative estimate of drug-likeness (QED) is 0.331. The van der Waals surface area contributed by atoms with Gasteiger partial charge >= 0.3 is 0 Å². The number of allylic oxidation sites excluding steroid dienone is 1. The van der Waals surface area contributed by atoms with E-state index in [1.54, 1.807) is 30.3 Å². The molecular formula is C19H16N2O5. The second-order valence-electron chi connectivity index (χ2n) is 5.70. The van der Waals surface area contributed by atoms with Gasteiger partial charge in [0.05, 0.1) is 22.6 Å². The molecule has 0 aromatic heterocycles. The van der Waals surface area contributed by atoms with Crippen molar-refractivity contribution in [1.29, 1.82) is 0 Å². The molecule has 0 bridgehead atoms. The molecule has 3 rings (SSSR count). The minimum Gasteiger partial charge on any atom is -0.491 e. The SMILES string of the molecule is C=CCc1cc([N+](=O)[O-])ccc1OCCN1C(=O)c2ccccc2C1=O. The third-order valence-electron chi connectivity index (χ3n) is 4.07. The van der Waals surface area contributed by atoms with E-state index in [2.05, 4.69) is 6.58 Å². The molecule has 0 N–H and O–H groups in total. The molecule has 0 atom stereocenters. The number of rotatable bonds is 7. The van der Waals surface area contributed by atoms with Gasteiger partial charge in [0.25, 0.3) is 17.5 Å². The predicted molar refractivity (Wildman–Crippen MR) is 94.3 cm³/mol. The molecule has 2 amide bonds. The largest absolute Gasteiger partial charge is 0.491 e. The minimum absolute atomic E-state index is 0.0328. The van der Waals surface area contributed by atoms with E-state index in [1.165, 1.54) is 18.2 Å². The lowest BCUT2D eigenvalue weighted by molar-refractivity contribution is -0.384. The third-order valence-corrected chi connectivity index (χ3v) is 4.07. The summed E-state index contributed by atoms with van der Waals surface area (Å²) >= 11 is 0. The number of imide groups is 1. The lowest BCUT2D eigenvalue weighted by Gasteiger charge is -2.15. The molecule has 0 spiro atoms. The molecule has 2 aromatic rings. The molecule has 26 heavy (non-hydrogen) atoms. The van der Waals surface area contributed by atoms with Crippen molar-refractivity contribution in [3.63, 3.8) is 0 Å². The van der Waals surface area contributed by atoms with Gasteiger partial charge in [-0.3, -0.25) is 24.6 Å². The summed E-state index contributed by atoms with van der Waals surface area (Å²) in [6.45, 7) is 3.82. The molecule has 2 aromatic carbocycles. The molecule has 0 radical (unpaired) electrons. The number of amides is 2. The standard InChI is InChI=1S/C19H16N2O5/c1-2-5-13-12-14(21(24)25)8-9-17(13)26-11-10-20-18(22)15-6-3-4-7-16(15)19(20)23/h2-4,6-9,12H,1,5,10-11H2. The zero-order chi connectivity index (χ0) is 18.7. The van der Waals surface area contributed by atoms with Gasteiger partial charge < -0.3 is 4.74 Å². The lowest BCUT2D eigenvalue weighted by atomic mass is 10.1. The van der Waals surface area contributed by atoms with Crippen LogP contribution in [0, 0.1) is 10.1 Å². The van der Waals surface area contributed by atoms with Crippen molar-refractivity contribution in [2.75, 3.05) is 13.2 Å². The maximum Gasteiger partial charge on any atom is 0.269 e. The highest BCUT2D eigenvalue weighted by atomic mass is 16.6. The molecule has 0 fully saturated rings. The van der Waals surface area contributed by atoms with Crippen LogP contribution in [0.4, 0.5) is 5.69 Å². The Kier molecular flexibility index (Phi) is 4.79. The van der Waals surface area contributed by atoms with Gasteiger partial charge in [-0.15, -0.1) is 6.58 Å². The van der Waals surface area contributed by atoms with Crippen LogP contribution in [0.5, 0.6) is 5.75 Å². The summed E-state index contributed by atoms with van der Waals surface area (Å²) in [5.74, 6) is -0.222. The van der Waals surface area contributed by atoms with Crippen LogP contribution in [0.25, 0.3) is 0 Å². The number of fused-ring (bicyclic) bond motifs is 1. The van der Waals surface area contributed by atoms with Crippen molar-refractivity contribution in [2.24, 2.45) is 0 Å². The molecule has 0 aliphatic carbocycles. The lowest BCUT2D eigenvalue weighted by Crippen LogP contribution is -2.33. The summed E-state index contributed by atoms with van der Waals surface area (Å²) in [5, 5.41) is 10.9. The molecule has 0 saturated carbocycles. The van der Waals surface area contributed by atoms with E-state index in [-0.39, 0.29) is 30.7 Å². The van der Waals surface area contributed by atoms with Gasteiger partial charge in [0, 0.05) is 17.7 Å². The maximum atomic E-state index is 12.3. The van der Waals surface area contributed by atoms with Crippen LogP contribution in [-0.4, -0.2) is 34.8 Å². The van der Waals surface area contributed by atoms with E-state index in [9.17, 15) is 19.7 Å². The van der Waals surface area contributed by atoms with E-state index < -0.39 is 4.92 Å². The normalized spacial score (nSPS) is 12.8. The van der Waals surface area contributed by atoms with Gasteiger partial charge in [0.15, 0.2) is 0 Å². The van der Waals surface area contributed by atoms with Crippen LogP contribution < -0.4 is 4.74 Å². The Balaban J connectivity index is 1.69. The van der Waals surface area contributed by atoms with Crippen LogP contribution in [0.1, 0.15) is 26.3 Å². The molecule has 1 aliphatic heterocycles. The Bertz CT molecular complexity index is 872. The summed E-state index contributed by atoms with van der Waals surface area (Å²) in [7, 11) is 0. The van der Waals surface area contributed by atoms with Crippen LogP contribution in [0.3, 0.4) is 0 Å². The molecule has 1 aliphatic rings. The van der Waals surface area contributed by atoms with Crippen molar-refractivity contribution in [1.82, 2.24) is 4.90 Å². The predicted octanol–water partition coefficient (Wildman–Crippen LogP) is 3.00. The van der Waals surface area contributed by atoms with E-state index in [4.69, 9.17) is 4.74 Å². The maximum absolute atomic E-state index is 12.3. The first-order chi connectivity index (χ1) is 12.5. The smallest absolute Gasteiger partial charge is 0.269 e. The zero-order valence-corrected chi connectivity index (χ0v) is 13.9. The van der Waals surface area contributed by atoms with Crippen molar-refractivity contribution in [3.05, 3.63) is 81.9 Å². The van der Waals surface area contributed by atoms with Gasteiger partial charge in [-0.1, -0.05) is 18.2 Å². The zero-order valence-electron chi connectivity index (χ0n) is 13.9. The molecule has 7 nitrogen and oxygen atoms in total. The highest BCUT2D eigenvalue weighted by Gasteiger charge is 2.34. The number of nitrogens with zero attached hydrogens (tertiary/aromatic N) is 2.